The maximum atomic E-state index is 12.8. The average molecular weight is 388 g/mol. The molecule has 7 heteroatoms. The van der Waals surface area contributed by atoms with Gasteiger partial charge in [-0.3, -0.25) is 9.10 Å². The molecule has 3 rings (SSSR count). The van der Waals surface area contributed by atoms with Crippen molar-refractivity contribution >= 4 is 21.6 Å². The zero-order chi connectivity index (χ0) is 19.6. The van der Waals surface area contributed by atoms with E-state index in [0.717, 1.165) is 16.9 Å². The lowest BCUT2D eigenvalue weighted by atomic mass is 10.1. The highest BCUT2D eigenvalue weighted by Crippen LogP contribution is 2.31. The summed E-state index contributed by atoms with van der Waals surface area (Å²) in [6.07, 6.45) is 1.82. The lowest BCUT2D eigenvalue weighted by molar-refractivity contribution is 0.0785. The highest BCUT2D eigenvalue weighted by molar-refractivity contribution is 7.92. The molecule has 0 aromatic heterocycles. The van der Waals surface area contributed by atoms with Gasteiger partial charge in [0.25, 0.3) is 5.91 Å². The molecule has 0 saturated carbocycles. The maximum absolute atomic E-state index is 12.8. The smallest absolute Gasteiger partial charge is 0.253 e. The van der Waals surface area contributed by atoms with E-state index in [4.69, 9.17) is 4.74 Å². The van der Waals surface area contributed by atoms with Crippen molar-refractivity contribution < 1.29 is 17.9 Å². The van der Waals surface area contributed by atoms with Gasteiger partial charge in [-0.05, 0) is 54.8 Å². The van der Waals surface area contributed by atoms with Gasteiger partial charge in [-0.25, -0.2) is 8.42 Å². The normalized spacial score (nSPS) is 13.4. The van der Waals surface area contributed by atoms with Crippen LogP contribution < -0.4 is 9.04 Å². The molecule has 1 aliphatic rings. The number of ether oxygens (including phenoxy) is 1. The van der Waals surface area contributed by atoms with E-state index in [1.54, 1.807) is 30.1 Å². The van der Waals surface area contributed by atoms with Crippen LogP contribution in [-0.4, -0.2) is 45.7 Å². The van der Waals surface area contributed by atoms with Crippen LogP contribution in [0.1, 0.15) is 28.4 Å². The molecule has 0 N–H and O–H groups in total. The number of carbonyl (C=O) groups excluding carboxylic acids is 1. The van der Waals surface area contributed by atoms with E-state index in [-0.39, 0.29) is 5.91 Å². The van der Waals surface area contributed by atoms with Gasteiger partial charge in [0.05, 0.1) is 18.6 Å². The summed E-state index contributed by atoms with van der Waals surface area (Å²) in [6.45, 7) is 3.46. The SMILES string of the molecule is CCOc1ccc(CN(C)C(=O)c2ccc3c(c2)CCN3S(C)(=O)=O)cc1. The van der Waals surface area contributed by atoms with Crippen molar-refractivity contribution in [1.82, 2.24) is 4.90 Å². The number of carbonyl (C=O) groups is 1. The van der Waals surface area contributed by atoms with Crippen molar-refractivity contribution in [2.45, 2.75) is 19.9 Å². The Morgan fingerprint density at radius 3 is 2.52 bits per heavy atom. The minimum Gasteiger partial charge on any atom is -0.494 e. The standard InChI is InChI=1S/C20H24N2O4S/c1-4-26-18-8-5-15(6-9-18)14-21(2)20(23)17-7-10-19-16(13-17)11-12-22(19)27(3,24)25/h5-10,13H,4,11-12,14H2,1-3H3. The van der Waals surface area contributed by atoms with E-state index < -0.39 is 10.0 Å². The average Bonchev–Trinajstić information content (AvgIpc) is 3.06. The fourth-order valence-electron chi connectivity index (χ4n) is 3.27. The fourth-order valence-corrected chi connectivity index (χ4v) is 4.23. The van der Waals surface area contributed by atoms with Crippen molar-refractivity contribution in [1.29, 1.82) is 0 Å². The van der Waals surface area contributed by atoms with Crippen LogP contribution >= 0.6 is 0 Å². The van der Waals surface area contributed by atoms with Crippen molar-refractivity contribution in [2.24, 2.45) is 0 Å². The summed E-state index contributed by atoms with van der Waals surface area (Å²) >= 11 is 0. The molecule has 1 heterocycles. The third kappa shape index (κ3) is 4.24. The van der Waals surface area contributed by atoms with E-state index in [9.17, 15) is 13.2 Å². The largest absolute Gasteiger partial charge is 0.494 e. The molecule has 0 fully saturated rings. The van der Waals surface area contributed by atoms with Crippen molar-refractivity contribution in [3.05, 3.63) is 59.2 Å². The topological polar surface area (TPSA) is 66.9 Å². The van der Waals surface area contributed by atoms with Gasteiger partial charge in [-0.2, -0.15) is 0 Å². The second kappa shape index (κ2) is 7.60. The number of fused-ring (bicyclic) bond motifs is 1. The van der Waals surface area contributed by atoms with Gasteiger partial charge in [0.2, 0.25) is 10.0 Å². The van der Waals surface area contributed by atoms with Crippen LogP contribution in [-0.2, 0) is 23.0 Å². The van der Waals surface area contributed by atoms with Crippen LogP contribution in [0.4, 0.5) is 5.69 Å². The van der Waals surface area contributed by atoms with Crippen LogP contribution in [0.5, 0.6) is 5.75 Å². The fraction of sp³-hybridized carbons (Fsp3) is 0.350. The monoisotopic (exact) mass is 388 g/mol. The number of nitrogens with zero attached hydrogens (tertiary/aromatic N) is 2. The zero-order valence-corrected chi connectivity index (χ0v) is 16.6. The summed E-state index contributed by atoms with van der Waals surface area (Å²) in [5.41, 5.74) is 3.14. The Labute approximate surface area is 160 Å². The van der Waals surface area contributed by atoms with Crippen molar-refractivity contribution in [3.8, 4) is 5.75 Å². The van der Waals surface area contributed by atoms with Crippen LogP contribution in [0.3, 0.4) is 0 Å². The predicted molar refractivity (Wildman–Crippen MR) is 106 cm³/mol. The van der Waals surface area contributed by atoms with Gasteiger partial charge in [0, 0.05) is 25.7 Å². The Bertz CT molecular complexity index is 939. The summed E-state index contributed by atoms with van der Waals surface area (Å²) in [5.74, 6) is 0.716. The van der Waals surface area contributed by atoms with Crippen molar-refractivity contribution in [2.75, 3.05) is 30.8 Å². The van der Waals surface area contributed by atoms with Crippen LogP contribution in [0.15, 0.2) is 42.5 Å². The summed E-state index contributed by atoms with van der Waals surface area (Å²) in [7, 11) is -1.53. The lowest BCUT2D eigenvalue weighted by Crippen LogP contribution is -2.27. The molecule has 2 aromatic carbocycles. The van der Waals surface area contributed by atoms with Crippen LogP contribution in [0.25, 0.3) is 0 Å². The second-order valence-electron chi connectivity index (χ2n) is 6.67. The van der Waals surface area contributed by atoms with E-state index >= 15 is 0 Å². The number of rotatable bonds is 6. The van der Waals surface area contributed by atoms with Gasteiger partial charge in [0.15, 0.2) is 0 Å². The number of sulfonamides is 1. The molecule has 0 bridgehead atoms. The Morgan fingerprint density at radius 2 is 1.89 bits per heavy atom. The van der Waals surface area contributed by atoms with E-state index in [0.29, 0.717) is 37.4 Å². The van der Waals surface area contributed by atoms with Gasteiger partial charge < -0.3 is 9.64 Å². The number of amides is 1. The Kier molecular flexibility index (Phi) is 5.41. The van der Waals surface area contributed by atoms with Gasteiger partial charge >= 0.3 is 0 Å². The van der Waals surface area contributed by atoms with E-state index in [1.165, 1.54) is 10.6 Å². The molecule has 1 aliphatic heterocycles. The minimum absolute atomic E-state index is 0.0931. The van der Waals surface area contributed by atoms with E-state index in [2.05, 4.69) is 0 Å². The van der Waals surface area contributed by atoms with Gasteiger partial charge in [-0.15, -0.1) is 0 Å². The van der Waals surface area contributed by atoms with Crippen molar-refractivity contribution in [3.63, 3.8) is 0 Å². The highest BCUT2D eigenvalue weighted by Gasteiger charge is 2.27. The molecule has 0 spiro atoms. The minimum atomic E-state index is -3.29. The lowest BCUT2D eigenvalue weighted by Gasteiger charge is -2.19. The number of hydrogen-bond acceptors (Lipinski definition) is 4. The Hall–Kier alpha value is -2.54. The van der Waals surface area contributed by atoms with Gasteiger partial charge in [0.1, 0.15) is 5.75 Å². The zero-order valence-electron chi connectivity index (χ0n) is 15.8. The molecule has 0 atom stereocenters. The Balaban J connectivity index is 1.72. The number of benzene rings is 2. The van der Waals surface area contributed by atoms with Gasteiger partial charge in [-0.1, -0.05) is 12.1 Å². The molecule has 27 heavy (non-hydrogen) atoms. The summed E-state index contributed by atoms with van der Waals surface area (Å²) < 4.78 is 30.5. The molecule has 1 amide bonds. The van der Waals surface area contributed by atoms with E-state index in [1.807, 2.05) is 31.2 Å². The number of anilines is 1. The van der Waals surface area contributed by atoms with Crippen LogP contribution in [0, 0.1) is 0 Å². The molecular formula is C20H24N2O4S. The second-order valence-corrected chi connectivity index (χ2v) is 8.57. The maximum Gasteiger partial charge on any atom is 0.253 e. The molecule has 144 valence electrons. The molecule has 0 aliphatic carbocycles. The summed E-state index contributed by atoms with van der Waals surface area (Å²) in [4.78, 5) is 14.4. The summed E-state index contributed by atoms with van der Waals surface area (Å²) in [5, 5.41) is 0. The first-order chi connectivity index (χ1) is 12.8. The summed E-state index contributed by atoms with van der Waals surface area (Å²) in [6, 6.07) is 12.9. The first kappa shape index (κ1) is 19.2. The quantitative estimate of drug-likeness (QED) is 0.763. The molecule has 6 nitrogen and oxygen atoms in total. The highest BCUT2D eigenvalue weighted by atomic mass is 32.2. The predicted octanol–water partition coefficient (Wildman–Crippen LogP) is 2.68. The Morgan fingerprint density at radius 1 is 1.19 bits per heavy atom. The number of hydrogen-bond donors (Lipinski definition) is 0. The first-order valence-electron chi connectivity index (χ1n) is 8.87. The molecule has 0 saturated heterocycles. The van der Waals surface area contributed by atoms with Crippen LogP contribution in [0.2, 0.25) is 0 Å². The molecular weight excluding hydrogens is 364 g/mol. The third-order valence-electron chi connectivity index (χ3n) is 4.58. The molecule has 0 radical (unpaired) electrons. The third-order valence-corrected chi connectivity index (χ3v) is 5.76. The molecule has 2 aromatic rings. The first-order valence-corrected chi connectivity index (χ1v) is 10.7. The molecule has 0 unspecified atom stereocenters.